The van der Waals surface area contributed by atoms with Crippen molar-refractivity contribution in [2.75, 3.05) is 38.5 Å². The molecule has 0 radical (unpaired) electrons. The standard InChI is InChI=1S/C16H24N4O2/c1-17-11-15(21)18-14-7-9-20(10-8-14)12-16(22)19-13-5-3-2-4-6-13/h2-6,14,17H,7-12H2,1H3,(H,18,21)(H,19,22). The molecule has 0 atom stereocenters. The van der Waals surface area contributed by atoms with E-state index in [-0.39, 0.29) is 17.9 Å². The SMILES string of the molecule is CNCC(=O)NC1CCN(CC(=O)Nc2ccccc2)CC1. The van der Waals surface area contributed by atoms with Gasteiger partial charge in [0.25, 0.3) is 0 Å². The summed E-state index contributed by atoms with van der Waals surface area (Å²) < 4.78 is 0. The first kappa shape index (κ1) is 16.5. The zero-order valence-electron chi connectivity index (χ0n) is 13.0. The average Bonchev–Trinajstić information content (AvgIpc) is 2.50. The second-order valence-electron chi connectivity index (χ2n) is 5.56. The summed E-state index contributed by atoms with van der Waals surface area (Å²) in [5.41, 5.74) is 0.821. The lowest BCUT2D eigenvalue weighted by Crippen LogP contribution is -2.48. The number of amides is 2. The third-order valence-electron chi connectivity index (χ3n) is 3.71. The predicted octanol–water partition coefficient (Wildman–Crippen LogP) is 0.425. The van der Waals surface area contributed by atoms with Crippen LogP contribution >= 0.6 is 0 Å². The van der Waals surface area contributed by atoms with Gasteiger partial charge in [0.05, 0.1) is 13.1 Å². The van der Waals surface area contributed by atoms with E-state index in [2.05, 4.69) is 20.9 Å². The van der Waals surface area contributed by atoms with E-state index in [0.717, 1.165) is 31.6 Å². The van der Waals surface area contributed by atoms with Crippen molar-refractivity contribution in [2.45, 2.75) is 18.9 Å². The van der Waals surface area contributed by atoms with E-state index in [1.165, 1.54) is 0 Å². The minimum absolute atomic E-state index is 0.00358. The van der Waals surface area contributed by atoms with Crippen LogP contribution in [0.2, 0.25) is 0 Å². The summed E-state index contributed by atoms with van der Waals surface area (Å²) in [4.78, 5) is 25.6. The van der Waals surface area contributed by atoms with Crippen LogP contribution < -0.4 is 16.0 Å². The van der Waals surface area contributed by atoms with E-state index in [1.54, 1.807) is 7.05 Å². The fraction of sp³-hybridized carbons (Fsp3) is 0.500. The van der Waals surface area contributed by atoms with Gasteiger partial charge in [-0.1, -0.05) is 18.2 Å². The summed E-state index contributed by atoms with van der Waals surface area (Å²) in [5, 5.41) is 8.74. The van der Waals surface area contributed by atoms with E-state index >= 15 is 0 Å². The Kier molecular flexibility index (Phi) is 6.36. The minimum Gasteiger partial charge on any atom is -0.352 e. The number of hydrogen-bond acceptors (Lipinski definition) is 4. The number of rotatable bonds is 6. The van der Waals surface area contributed by atoms with Gasteiger partial charge in [0.15, 0.2) is 0 Å². The van der Waals surface area contributed by atoms with Crippen molar-refractivity contribution in [1.29, 1.82) is 0 Å². The zero-order chi connectivity index (χ0) is 15.8. The molecule has 6 nitrogen and oxygen atoms in total. The summed E-state index contributed by atoms with van der Waals surface area (Å²) in [6.07, 6.45) is 1.77. The first-order valence-corrected chi connectivity index (χ1v) is 7.68. The van der Waals surface area contributed by atoms with Crippen LogP contribution in [-0.2, 0) is 9.59 Å². The highest BCUT2D eigenvalue weighted by molar-refractivity contribution is 5.92. The normalized spacial score (nSPS) is 16.2. The Morgan fingerprint density at radius 2 is 1.82 bits per heavy atom. The molecule has 0 bridgehead atoms. The molecule has 1 aromatic carbocycles. The second kappa shape index (κ2) is 8.51. The van der Waals surface area contributed by atoms with Crippen LogP contribution in [-0.4, -0.2) is 56.0 Å². The van der Waals surface area contributed by atoms with Crippen molar-refractivity contribution < 1.29 is 9.59 Å². The summed E-state index contributed by atoms with van der Waals surface area (Å²) in [6, 6.07) is 9.68. The summed E-state index contributed by atoms with van der Waals surface area (Å²) in [6.45, 7) is 2.39. The molecule has 1 aliphatic rings. The molecule has 120 valence electrons. The lowest BCUT2D eigenvalue weighted by Gasteiger charge is -2.31. The zero-order valence-corrected chi connectivity index (χ0v) is 13.0. The largest absolute Gasteiger partial charge is 0.352 e. The Labute approximate surface area is 131 Å². The van der Waals surface area contributed by atoms with Gasteiger partial charge < -0.3 is 16.0 Å². The van der Waals surface area contributed by atoms with Crippen molar-refractivity contribution in [1.82, 2.24) is 15.5 Å². The molecule has 3 N–H and O–H groups in total. The maximum Gasteiger partial charge on any atom is 0.238 e. The minimum atomic E-state index is 0.00358. The van der Waals surface area contributed by atoms with E-state index < -0.39 is 0 Å². The summed E-state index contributed by atoms with van der Waals surface area (Å²) >= 11 is 0. The van der Waals surface area contributed by atoms with Gasteiger partial charge in [0, 0.05) is 24.8 Å². The predicted molar refractivity (Wildman–Crippen MR) is 86.6 cm³/mol. The van der Waals surface area contributed by atoms with Gasteiger partial charge in [0.1, 0.15) is 0 Å². The fourth-order valence-corrected chi connectivity index (χ4v) is 2.60. The Bertz CT molecular complexity index is 484. The Balaban J connectivity index is 1.68. The molecule has 1 fully saturated rings. The Morgan fingerprint density at radius 3 is 2.45 bits per heavy atom. The number of carbonyl (C=O) groups is 2. The lowest BCUT2D eigenvalue weighted by atomic mass is 10.0. The topological polar surface area (TPSA) is 73.5 Å². The average molecular weight is 304 g/mol. The number of para-hydroxylation sites is 1. The molecule has 0 saturated carbocycles. The maximum atomic E-state index is 12.0. The van der Waals surface area contributed by atoms with Gasteiger partial charge in [-0.15, -0.1) is 0 Å². The Morgan fingerprint density at radius 1 is 1.14 bits per heavy atom. The number of benzene rings is 1. The molecular weight excluding hydrogens is 280 g/mol. The smallest absolute Gasteiger partial charge is 0.238 e. The third-order valence-corrected chi connectivity index (χ3v) is 3.71. The number of likely N-dealkylation sites (tertiary alicyclic amines) is 1. The van der Waals surface area contributed by atoms with E-state index in [0.29, 0.717) is 13.1 Å². The van der Waals surface area contributed by atoms with Crippen LogP contribution in [0.15, 0.2) is 30.3 Å². The maximum absolute atomic E-state index is 12.0. The van der Waals surface area contributed by atoms with Crippen LogP contribution in [0.25, 0.3) is 0 Å². The second-order valence-corrected chi connectivity index (χ2v) is 5.56. The van der Waals surface area contributed by atoms with Gasteiger partial charge in [0.2, 0.25) is 11.8 Å². The molecule has 6 heteroatoms. The molecule has 1 aromatic rings. The Hall–Kier alpha value is -1.92. The highest BCUT2D eigenvalue weighted by Gasteiger charge is 2.21. The number of piperidine rings is 1. The van der Waals surface area contributed by atoms with Crippen molar-refractivity contribution >= 4 is 17.5 Å². The number of hydrogen-bond donors (Lipinski definition) is 3. The molecule has 22 heavy (non-hydrogen) atoms. The van der Waals surface area contributed by atoms with Crippen molar-refractivity contribution in [2.24, 2.45) is 0 Å². The highest BCUT2D eigenvalue weighted by atomic mass is 16.2. The molecule has 0 spiro atoms. The quantitative estimate of drug-likeness (QED) is 0.712. The first-order valence-electron chi connectivity index (χ1n) is 7.68. The monoisotopic (exact) mass is 304 g/mol. The van der Waals surface area contributed by atoms with Crippen molar-refractivity contribution in [3.63, 3.8) is 0 Å². The molecule has 0 unspecified atom stereocenters. The molecule has 1 heterocycles. The van der Waals surface area contributed by atoms with E-state index in [4.69, 9.17) is 0 Å². The van der Waals surface area contributed by atoms with Crippen LogP contribution in [0, 0.1) is 0 Å². The molecule has 0 aliphatic carbocycles. The molecule has 2 rings (SSSR count). The number of likely N-dealkylation sites (N-methyl/N-ethyl adjacent to an activating group) is 1. The van der Waals surface area contributed by atoms with Gasteiger partial charge in [-0.3, -0.25) is 14.5 Å². The molecule has 2 amide bonds. The first-order chi connectivity index (χ1) is 10.7. The molecule has 1 saturated heterocycles. The van der Waals surface area contributed by atoms with Crippen molar-refractivity contribution in [3.05, 3.63) is 30.3 Å². The molecule has 0 aromatic heterocycles. The number of nitrogens with zero attached hydrogens (tertiary/aromatic N) is 1. The van der Waals surface area contributed by atoms with Crippen LogP contribution in [0.5, 0.6) is 0 Å². The molecular formula is C16H24N4O2. The van der Waals surface area contributed by atoms with Gasteiger partial charge in [-0.05, 0) is 32.0 Å². The summed E-state index contributed by atoms with van der Waals surface area (Å²) in [5.74, 6) is 0.0339. The third kappa shape index (κ3) is 5.46. The van der Waals surface area contributed by atoms with Crippen LogP contribution in [0.3, 0.4) is 0 Å². The summed E-state index contributed by atoms with van der Waals surface area (Å²) in [7, 11) is 1.76. The highest BCUT2D eigenvalue weighted by Crippen LogP contribution is 2.11. The van der Waals surface area contributed by atoms with E-state index in [1.807, 2.05) is 30.3 Å². The van der Waals surface area contributed by atoms with Gasteiger partial charge >= 0.3 is 0 Å². The number of nitrogens with one attached hydrogen (secondary N) is 3. The van der Waals surface area contributed by atoms with Gasteiger partial charge in [-0.2, -0.15) is 0 Å². The number of carbonyl (C=O) groups excluding carboxylic acids is 2. The number of anilines is 1. The fourth-order valence-electron chi connectivity index (χ4n) is 2.60. The van der Waals surface area contributed by atoms with Gasteiger partial charge in [-0.25, -0.2) is 0 Å². The lowest BCUT2D eigenvalue weighted by molar-refractivity contribution is -0.122. The van der Waals surface area contributed by atoms with Crippen LogP contribution in [0.4, 0.5) is 5.69 Å². The van der Waals surface area contributed by atoms with Crippen LogP contribution in [0.1, 0.15) is 12.8 Å². The van der Waals surface area contributed by atoms with E-state index in [9.17, 15) is 9.59 Å². The molecule has 1 aliphatic heterocycles. The van der Waals surface area contributed by atoms with Crippen molar-refractivity contribution in [3.8, 4) is 0 Å².